The average Bonchev–Trinajstić information content (AvgIpc) is 3.18. The molecule has 0 amide bonds. The number of hydrogen-bond acceptors (Lipinski definition) is 6. The summed E-state index contributed by atoms with van der Waals surface area (Å²) in [7, 11) is -1.13. The topological polar surface area (TPSA) is 69.6 Å². The maximum atomic E-state index is 12.6. The monoisotopic (exact) mass is 430 g/mol. The number of aliphatic hydroxyl groups excluding tert-OH is 1. The predicted octanol–water partition coefficient (Wildman–Crippen LogP) is 2.54. The number of aromatic nitrogens is 2. The van der Waals surface area contributed by atoms with Crippen molar-refractivity contribution >= 4 is 34.2 Å². The number of rotatable bonds is 3. The van der Waals surface area contributed by atoms with Crippen molar-refractivity contribution in [1.29, 1.82) is 0 Å². The highest BCUT2D eigenvalue weighted by atomic mass is 35.5. The smallest absolute Gasteiger partial charge is 0.227 e. The van der Waals surface area contributed by atoms with E-state index in [2.05, 4.69) is 26.9 Å². The molecule has 29 heavy (non-hydrogen) atoms. The Hall–Kier alpha value is -1.70. The van der Waals surface area contributed by atoms with Crippen LogP contribution in [0.1, 0.15) is 30.4 Å². The van der Waals surface area contributed by atoms with Crippen LogP contribution in [-0.4, -0.2) is 50.4 Å². The highest BCUT2D eigenvalue weighted by Gasteiger charge is 2.50. The molecule has 1 saturated heterocycles. The minimum atomic E-state index is -1.13. The first kappa shape index (κ1) is 18.1. The Morgan fingerprint density at radius 2 is 2.00 bits per heavy atom. The van der Waals surface area contributed by atoms with Crippen molar-refractivity contribution in [3.8, 4) is 0 Å². The van der Waals surface area contributed by atoms with Crippen molar-refractivity contribution in [3.05, 3.63) is 40.5 Å². The van der Waals surface area contributed by atoms with Crippen LogP contribution < -0.4 is 9.80 Å². The van der Waals surface area contributed by atoms with Crippen molar-refractivity contribution in [1.82, 2.24) is 9.97 Å². The van der Waals surface area contributed by atoms with Crippen molar-refractivity contribution in [2.75, 3.05) is 35.4 Å². The third kappa shape index (κ3) is 2.60. The fraction of sp³-hybridized carbons (Fsp3) is 0.524. The van der Waals surface area contributed by atoms with E-state index in [0.717, 1.165) is 56.0 Å². The van der Waals surface area contributed by atoms with Crippen molar-refractivity contribution in [3.63, 3.8) is 0 Å². The van der Waals surface area contributed by atoms with E-state index in [9.17, 15) is 9.32 Å². The summed E-state index contributed by atoms with van der Waals surface area (Å²) >= 11 is 6.17. The number of halogens is 1. The van der Waals surface area contributed by atoms with Gasteiger partial charge in [-0.3, -0.25) is 4.21 Å². The first-order chi connectivity index (χ1) is 14.0. The van der Waals surface area contributed by atoms with Crippen LogP contribution in [0.4, 0.5) is 11.8 Å². The minimum absolute atomic E-state index is 0.0800. The second-order valence-electron chi connectivity index (χ2n) is 9.12. The number of nitrogens with zero attached hydrogens (tertiary/aromatic N) is 4. The van der Waals surface area contributed by atoms with Crippen LogP contribution in [-0.2, 0) is 23.6 Å². The molecule has 1 saturated carbocycles. The molecule has 0 unspecified atom stereocenters. The molecular weight excluding hydrogens is 408 g/mol. The number of anilines is 2. The zero-order valence-electron chi connectivity index (χ0n) is 16.1. The van der Waals surface area contributed by atoms with Gasteiger partial charge in [0.15, 0.2) is 5.82 Å². The lowest BCUT2D eigenvalue weighted by Gasteiger charge is -2.49. The van der Waals surface area contributed by atoms with Crippen LogP contribution in [0, 0.1) is 5.41 Å². The number of fused-ring (bicyclic) bond motifs is 2. The van der Waals surface area contributed by atoms with Crippen LogP contribution in [0.25, 0.3) is 0 Å². The Morgan fingerprint density at radius 1 is 1.21 bits per heavy atom. The van der Waals surface area contributed by atoms with Crippen LogP contribution in [0.15, 0.2) is 29.3 Å². The second-order valence-corrected chi connectivity index (χ2v) is 10.9. The second kappa shape index (κ2) is 6.15. The quantitative estimate of drug-likeness (QED) is 0.807. The van der Waals surface area contributed by atoms with Gasteiger partial charge in [0.1, 0.15) is 10.8 Å². The van der Waals surface area contributed by atoms with E-state index in [0.29, 0.717) is 16.7 Å². The van der Waals surface area contributed by atoms with Gasteiger partial charge in [0.05, 0.1) is 29.1 Å². The molecule has 2 aliphatic carbocycles. The lowest BCUT2D eigenvalue weighted by Crippen LogP contribution is -2.58. The van der Waals surface area contributed by atoms with E-state index in [4.69, 9.17) is 16.6 Å². The zero-order valence-corrected chi connectivity index (χ0v) is 17.7. The van der Waals surface area contributed by atoms with Gasteiger partial charge in [0.2, 0.25) is 5.95 Å². The third-order valence-corrected chi connectivity index (χ3v) is 8.76. The molecule has 1 spiro atoms. The molecular formula is C21H23ClN4O2S. The van der Waals surface area contributed by atoms with Crippen LogP contribution in [0.3, 0.4) is 0 Å². The van der Waals surface area contributed by atoms with E-state index in [-0.39, 0.29) is 17.6 Å². The molecule has 3 heterocycles. The average molecular weight is 431 g/mol. The molecule has 0 bridgehead atoms. The van der Waals surface area contributed by atoms with E-state index in [1.165, 1.54) is 11.1 Å². The largest absolute Gasteiger partial charge is 0.394 e. The molecule has 152 valence electrons. The molecule has 2 aromatic rings. The van der Waals surface area contributed by atoms with E-state index in [1.54, 1.807) is 6.20 Å². The summed E-state index contributed by atoms with van der Waals surface area (Å²) in [6.45, 7) is 1.93. The lowest BCUT2D eigenvalue weighted by molar-refractivity contribution is 0.119. The van der Waals surface area contributed by atoms with Gasteiger partial charge in [0, 0.05) is 23.5 Å². The molecule has 1 aromatic carbocycles. The summed E-state index contributed by atoms with van der Waals surface area (Å²) in [5.74, 6) is 1.87. The summed E-state index contributed by atoms with van der Waals surface area (Å²) in [5, 5.41) is 10.8. The molecule has 0 radical (unpaired) electrons. The van der Waals surface area contributed by atoms with Gasteiger partial charge >= 0.3 is 0 Å². The molecule has 1 aromatic heterocycles. The Labute approximate surface area is 177 Å². The Bertz CT molecular complexity index is 1030. The fourth-order valence-corrected chi connectivity index (χ4v) is 6.99. The summed E-state index contributed by atoms with van der Waals surface area (Å²) < 4.78 is 12.6. The van der Waals surface area contributed by atoms with Gasteiger partial charge < -0.3 is 14.9 Å². The Kier molecular flexibility index (Phi) is 3.84. The van der Waals surface area contributed by atoms with Crippen molar-refractivity contribution in [2.24, 2.45) is 5.41 Å². The number of aliphatic hydroxyl groups is 1. The van der Waals surface area contributed by atoms with E-state index in [1.807, 2.05) is 6.07 Å². The molecule has 2 aliphatic heterocycles. The maximum absolute atomic E-state index is 12.6. The first-order valence-corrected chi connectivity index (χ1v) is 11.9. The van der Waals surface area contributed by atoms with E-state index < -0.39 is 10.8 Å². The molecule has 1 atom stereocenters. The van der Waals surface area contributed by atoms with Gasteiger partial charge in [-0.1, -0.05) is 17.7 Å². The highest BCUT2D eigenvalue weighted by Crippen LogP contribution is 2.47. The highest BCUT2D eigenvalue weighted by molar-refractivity contribution is 7.85. The van der Waals surface area contributed by atoms with Gasteiger partial charge in [-0.05, 0) is 55.4 Å². The van der Waals surface area contributed by atoms with Crippen LogP contribution >= 0.6 is 11.6 Å². The normalized spacial score (nSPS) is 25.5. The number of benzene rings is 1. The van der Waals surface area contributed by atoms with Gasteiger partial charge in [-0.15, -0.1) is 0 Å². The molecule has 1 N–H and O–H groups in total. The number of hydrogen-bond donors (Lipinski definition) is 1. The molecule has 6 nitrogen and oxygen atoms in total. The zero-order chi connectivity index (χ0) is 19.8. The Morgan fingerprint density at radius 3 is 2.72 bits per heavy atom. The summed E-state index contributed by atoms with van der Waals surface area (Å²) in [6, 6.07) is 6.23. The van der Waals surface area contributed by atoms with Gasteiger partial charge in [-0.25, -0.2) is 4.98 Å². The van der Waals surface area contributed by atoms with Gasteiger partial charge in [-0.2, -0.15) is 4.98 Å². The molecule has 8 heteroatoms. The van der Waals surface area contributed by atoms with Crippen molar-refractivity contribution < 1.29 is 9.32 Å². The molecule has 2 fully saturated rings. The maximum Gasteiger partial charge on any atom is 0.227 e. The standard InChI is InChI=1S/C21H23ClN4O2S/c22-16-3-2-14-7-20(8-15(14)6-16)10-25(11-20)19-23-9-17-18(24-19)26(13-29(17)28)21(12-27)4-1-5-21/h2-3,6,9,27H,1,4-5,7-8,10-13H2/t29-/m1/s1. The van der Waals surface area contributed by atoms with Crippen molar-refractivity contribution in [2.45, 2.75) is 42.5 Å². The van der Waals surface area contributed by atoms with E-state index >= 15 is 0 Å². The summed E-state index contributed by atoms with van der Waals surface area (Å²) in [6.07, 6.45) is 6.79. The summed E-state index contributed by atoms with van der Waals surface area (Å²) in [5.41, 5.74) is 2.72. The molecule has 6 rings (SSSR count). The van der Waals surface area contributed by atoms with Crippen LogP contribution in [0.5, 0.6) is 0 Å². The predicted molar refractivity (Wildman–Crippen MR) is 113 cm³/mol. The van der Waals surface area contributed by atoms with Crippen LogP contribution in [0.2, 0.25) is 5.02 Å². The SMILES string of the molecule is O=[S@@]1CN(C2(CO)CCC2)c2nc(N3CC4(Cc5ccc(Cl)cc5C4)C3)ncc21. The lowest BCUT2D eigenvalue weighted by atomic mass is 9.76. The third-order valence-electron chi connectivity index (χ3n) is 7.26. The fourth-order valence-electron chi connectivity index (χ4n) is 5.50. The minimum Gasteiger partial charge on any atom is -0.394 e. The Balaban J connectivity index is 1.25. The molecule has 4 aliphatic rings. The first-order valence-electron chi connectivity index (χ1n) is 10.2. The summed E-state index contributed by atoms with van der Waals surface area (Å²) in [4.78, 5) is 14.4. The van der Waals surface area contributed by atoms with Gasteiger partial charge in [0.25, 0.3) is 0 Å².